The maximum Gasteiger partial charge on any atom is 0.228 e. The highest BCUT2D eigenvalue weighted by molar-refractivity contribution is 5.92. The lowest BCUT2D eigenvalue weighted by atomic mass is 10.0. The van der Waals surface area contributed by atoms with Gasteiger partial charge < -0.3 is 10.3 Å². The normalized spacial score (nSPS) is 17.9. The number of carbonyl (C=O) groups excluding carboxylic acids is 1. The lowest BCUT2D eigenvalue weighted by Crippen LogP contribution is -2.36. The van der Waals surface area contributed by atoms with Crippen molar-refractivity contribution in [3.63, 3.8) is 0 Å². The number of carbonyl (C=O) groups is 1. The van der Waals surface area contributed by atoms with E-state index in [0.29, 0.717) is 12.5 Å². The number of aromatic nitrogens is 2. The minimum absolute atomic E-state index is 0.00245. The second kappa shape index (κ2) is 7.92. The Kier molecular flexibility index (Phi) is 5.21. The smallest absolute Gasteiger partial charge is 0.228 e. The number of anilines is 1. The predicted octanol–water partition coefficient (Wildman–Crippen LogP) is 4.12. The Balaban J connectivity index is 1.39. The van der Waals surface area contributed by atoms with Crippen molar-refractivity contribution in [3.05, 3.63) is 59.9 Å². The number of benzene rings is 2. The Hall–Kier alpha value is -2.66. The topological polar surface area (TPSA) is 61.0 Å². The monoisotopic (exact) mass is 362 g/mol. The van der Waals surface area contributed by atoms with E-state index in [1.807, 2.05) is 30.3 Å². The summed E-state index contributed by atoms with van der Waals surface area (Å²) in [6, 6.07) is 14.7. The second-order valence-electron chi connectivity index (χ2n) is 7.49. The van der Waals surface area contributed by atoms with E-state index in [-0.39, 0.29) is 5.91 Å². The standard InChI is InChI=1S/C22H26N4O/c1-16-5-2-3-10-26(16)14-18-6-4-7-19(11-18)25-22(27)13-17-8-9-20-21(12-17)24-15-23-20/h4,6-9,11-12,15-16H,2-3,5,10,13-14H2,1H3,(H,23,24)(H,25,27)/t16-/m0/s1. The Morgan fingerprint density at radius 3 is 3.04 bits per heavy atom. The van der Waals surface area contributed by atoms with E-state index in [1.54, 1.807) is 6.33 Å². The molecule has 0 spiro atoms. The minimum Gasteiger partial charge on any atom is -0.345 e. The molecule has 1 aromatic heterocycles. The number of imidazole rings is 1. The first-order valence-electron chi connectivity index (χ1n) is 9.72. The number of likely N-dealkylation sites (tertiary alicyclic amines) is 1. The van der Waals surface area contributed by atoms with Crippen molar-refractivity contribution in [2.24, 2.45) is 0 Å². The van der Waals surface area contributed by atoms with Crippen molar-refractivity contribution in [2.75, 3.05) is 11.9 Å². The average molecular weight is 362 g/mol. The SMILES string of the molecule is C[C@H]1CCCCN1Cc1cccc(NC(=O)Cc2ccc3nc[nH]c3c2)c1. The number of nitrogens with zero attached hydrogens (tertiary/aromatic N) is 2. The third-order valence-corrected chi connectivity index (χ3v) is 5.39. The van der Waals surface area contributed by atoms with Gasteiger partial charge in [0.2, 0.25) is 5.91 Å². The van der Waals surface area contributed by atoms with Gasteiger partial charge in [0.25, 0.3) is 0 Å². The first kappa shape index (κ1) is 17.7. The van der Waals surface area contributed by atoms with Gasteiger partial charge >= 0.3 is 0 Å². The minimum atomic E-state index is -0.00245. The molecule has 0 bridgehead atoms. The third-order valence-electron chi connectivity index (χ3n) is 5.39. The van der Waals surface area contributed by atoms with Gasteiger partial charge in [0.05, 0.1) is 23.8 Å². The van der Waals surface area contributed by atoms with E-state index >= 15 is 0 Å². The number of aromatic amines is 1. The van der Waals surface area contributed by atoms with Crippen LogP contribution in [0.4, 0.5) is 5.69 Å². The number of rotatable bonds is 5. The van der Waals surface area contributed by atoms with Crippen LogP contribution in [0, 0.1) is 0 Å². The van der Waals surface area contributed by atoms with E-state index < -0.39 is 0 Å². The lowest BCUT2D eigenvalue weighted by Gasteiger charge is -2.33. The number of amides is 1. The Morgan fingerprint density at radius 2 is 2.15 bits per heavy atom. The molecule has 1 amide bonds. The van der Waals surface area contributed by atoms with Gasteiger partial charge in [-0.15, -0.1) is 0 Å². The number of fused-ring (bicyclic) bond motifs is 1. The molecule has 2 heterocycles. The summed E-state index contributed by atoms with van der Waals surface area (Å²) in [5.41, 5.74) is 4.96. The lowest BCUT2D eigenvalue weighted by molar-refractivity contribution is -0.115. The van der Waals surface area contributed by atoms with Crippen LogP contribution in [0.5, 0.6) is 0 Å². The van der Waals surface area contributed by atoms with Gasteiger partial charge in [0.15, 0.2) is 0 Å². The first-order chi connectivity index (χ1) is 13.2. The number of hydrogen-bond donors (Lipinski definition) is 2. The van der Waals surface area contributed by atoms with Gasteiger partial charge in [-0.05, 0) is 61.7 Å². The van der Waals surface area contributed by atoms with E-state index in [4.69, 9.17) is 0 Å². The van der Waals surface area contributed by atoms with Crippen LogP contribution in [0.1, 0.15) is 37.3 Å². The molecule has 1 aliphatic heterocycles. The number of piperidine rings is 1. The molecule has 0 aliphatic carbocycles. The Morgan fingerprint density at radius 1 is 1.22 bits per heavy atom. The highest BCUT2D eigenvalue weighted by Crippen LogP contribution is 2.21. The van der Waals surface area contributed by atoms with E-state index in [2.05, 4.69) is 39.2 Å². The van der Waals surface area contributed by atoms with Crippen molar-refractivity contribution in [3.8, 4) is 0 Å². The summed E-state index contributed by atoms with van der Waals surface area (Å²) in [6.45, 7) is 4.41. The Labute approximate surface area is 159 Å². The first-order valence-corrected chi connectivity index (χ1v) is 9.72. The van der Waals surface area contributed by atoms with E-state index in [0.717, 1.165) is 35.4 Å². The number of nitrogens with one attached hydrogen (secondary N) is 2. The van der Waals surface area contributed by atoms with Crippen LogP contribution in [-0.4, -0.2) is 33.4 Å². The summed E-state index contributed by atoms with van der Waals surface area (Å²) in [5, 5.41) is 3.04. The average Bonchev–Trinajstić information content (AvgIpc) is 3.12. The van der Waals surface area contributed by atoms with Crippen molar-refractivity contribution < 1.29 is 4.79 Å². The molecule has 0 saturated carbocycles. The van der Waals surface area contributed by atoms with Crippen molar-refractivity contribution in [1.82, 2.24) is 14.9 Å². The zero-order valence-electron chi connectivity index (χ0n) is 15.7. The van der Waals surface area contributed by atoms with Crippen molar-refractivity contribution in [2.45, 2.75) is 45.2 Å². The maximum absolute atomic E-state index is 12.5. The summed E-state index contributed by atoms with van der Waals surface area (Å²) < 4.78 is 0. The zero-order valence-corrected chi connectivity index (χ0v) is 15.7. The molecule has 1 saturated heterocycles. The van der Waals surface area contributed by atoms with Gasteiger partial charge in [-0.3, -0.25) is 9.69 Å². The molecule has 3 aromatic rings. The molecule has 140 valence electrons. The van der Waals surface area contributed by atoms with Crippen LogP contribution < -0.4 is 5.32 Å². The maximum atomic E-state index is 12.5. The molecule has 27 heavy (non-hydrogen) atoms. The van der Waals surface area contributed by atoms with Crippen LogP contribution in [0.3, 0.4) is 0 Å². The quantitative estimate of drug-likeness (QED) is 0.718. The highest BCUT2D eigenvalue weighted by Gasteiger charge is 2.18. The fourth-order valence-electron chi connectivity index (χ4n) is 3.86. The number of H-pyrrole nitrogens is 1. The van der Waals surface area contributed by atoms with Gasteiger partial charge in [0.1, 0.15) is 0 Å². The van der Waals surface area contributed by atoms with Crippen LogP contribution in [0.2, 0.25) is 0 Å². The van der Waals surface area contributed by atoms with Crippen molar-refractivity contribution >= 4 is 22.6 Å². The third kappa shape index (κ3) is 4.37. The largest absolute Gasteiger partial charge is 0.345 e. The van der Waals surface area contributed by atoms with Crippen LogP contribution in [-0.2, 0) is 17.8 Å². The molecule has 2 N–H and O–H groups in total. The molecule has 5 heteroatoms. The van der Waals surface area contributed by atoms with Gasteiger partial charge in [-0.25, -0.2) is 4.98 Å². The van der Waals surface area contributed by atoms with Gasteiger partial charge in [-0.2, -0.15) is 0 Å². The zero-order chi connectivity index (χ0) is 18.6. The van der Waals surface area contributed by atoms with Gasteiger partial charge in [0, 0.05) is 18.3 Å². The highest BCUT2D eigenvalue weighted by atomic mass is 16.1. The summed E-state index contributed by atoms with van der Waals surface area (Å²) in [4.78, 5) is 22.3. The van der Waals surface area contributed by atoms with Crippen LogP contribution in [0.25, 0.3) is 11.0 Å². The van der Waals surface area contributed by atoms with Gasteiger partial charge in [-0.1, -0.05) is 24.6 Å². The molecule has 0 unspecified atom stereocenters. The molecule has 0 radical (unpaired) electrons. The fraction of sp³-hybridized carbons (Fsp3) is 0.364. The molecule has 1 aliphatic rings. The van der Waals surface area contributed by atoms with Crippen LogP contribution in [0.15, 0.2) is 48.8 Å². The van der Waals surface area contributed by atoms with E-state index in [9.17, 15) is 4.79 Å². The molecule has 2 aromatic carbocycles. The summed E-state index contributed by atoms with van der Waals surface area (Å²) in [7, 11) is 0. The van der Waals surface area contributed by atoms with Crippen LogP contribution >= 0.6 is 0 Å². The summed E-state index contributed by atoms with van der Waals surface area (Å²) in [5.74, 6) is -0.00245. The molecule has 1 atom stereocenters. The van der Waals surface area contributed by atoms with Crippen molar-refractivity contribution in [1.29, 1.82) is 0 Å². The number of hydrogen-bond acceptors (Lipinski definition) is 3. The fourth-order valence-corrected chi connectivity index (χ4v) is 3.86. The molecule has 4 rings (SSSR count). The Bertz CT molecular complexity index is 933. The second-order valence-corrected chi connectivity index (χ2v) is 7.49. The van der Waals surface area contributed by atoms with E-state index in [1.165, 1.54) is 24.8 Å². The molecular weight excluding hydrogens is 336 g/mol. The molecular formula is C22H26N4O. The summed E-state index contributed by atoms with van der Waals surface area (Å²) in [6.07, 6.45) is 5.90. The summed E-state index contributed by atoms with van der Waals surface area (Å²) >= 11 is 0. The predicted molar refractivity (Wildman–Crippen MR) is 109 cm³/mol. The molecule has 1 fully saturated rings. The molecule has 5 nitrogen and oxygen atoms in total.